The van der Waals surface area contributed by atoms with Crippen LogP contribution in [0, 0.1) is 0 Å². The Hall–Kier alpha value is -2.57. The molecule has 8 nitrogen and oxygen atoms in total. The summed E-state index contributed by atoms with van der Waals surface area (Å²) in [4.78, 5) is 8.36. The summed E-state index contributed by atoms with van der Waals surface area (Å²) in [6, 6.07) is 3.66. The molecule has 0 aliphatic heterocycles. The summed E-state index contributed by atoms with van der Waals surface area (Å²) in [5, 5.41) is 22.1. The van der Waals surface area contributed by atoms with Crippen molar-refractivity contribution in [3.8, 4) is 28.7 Å². The summed E-state index contributed by atoms with van der Waals surface area (Å²) in [5.74, 6) is 0.0978. The number of aliphatic hydroxyl groups excluding tert-OH is 2. The number of ether oxygens (including phenoxy) is 1. The van der Waals surface area contributed by atoms with Gasteiger partial charge in [0.05, 0.1) is 27.2 Å². The third-order valence-electron chi connectivity index (χ3n) is 4.37. The van der Waals surface area contributed by atoms with E-state index in [1.165, 1.54) is 18.3 Å². The van der Waals surface area contributed by atoms with E-state index in [1.54, 1.807) is 0 Å². The Morgan fingerprint density at radius 1 is 1.06 bits per heavy atom. The summed E-state index contributed by atoms with van der Waals surface area (Å²) < 4.78 is 50.7. The van der Waals surface area contributed by atoms with Gasteiger partial charge in [-0.25, -0.2) is 4.98 Å². The molecule has 1 unspecified atom stereocenters. The molecular weight excluding hydrogens is 512 g/mol. The lowest BCUT2D eigenvalue weighted by molar-refractivity contribution is -0.137. The number of imidazole rings is 1. The summed E-state index contributed by atoms with van der Waals surface area (Å²) in [6.07, 6.45) is -3.56. The highest BCUT2D eigenvalue weighted by molar-refractivity contribution is 6.37. The molecule has 0 aliphatic rings. The van der Waals surface area contributed by atoms with Crippen LogP contribution in [-0.2, 0) is 6.18 Å². The van der Waals surface area contributed by atoms with Gasteiger partial charge in [0.25, 0.3) is 5.89 Å². The second-order valence-corrected chi connectivity index (χ2v) is 7.99. The molecule has 0 aliphatic carbocycles. The standard InChI is InChI=1S/C19H12Cl3F3N4O4/c20-11-1-8(2-12(21)15(11)32-7-10(31)6-30)16-27-18(33-28-16)14-5-29-4-9(19(23,24)25)3-13(22)17(29)26-14/h1-5,10,30-31H,6-7H2. The highest BCUT2D eigenvalue weighted by Crippen LogP contribution is 2.38. The second kappa shape index (κ2) is 8.99. The zero-order chi connectivity index (χ0) is 23.9. The normalized spacial score (nSPS) is 13.0. The summed E-state index contributed by atoms with van der Waals surface area (Å²) in [6.45, 7) is -0.723. The van der Waals surface area contributed by atoms with Crippen LogP contribution in [0.15, 0.2) is 35.1 Å². The zero-order valence-corrected chi connectivity index (χ0v) is 18.4. The molecule has 0 saturated heterocycles. The molecular formula is C19H12Cl3F3N4O4. The lowest BCUT2D eigenvalue weighted by Gasteiger charge is -2.13. The van der Waals surface area contributed by atoms with Crippen molar-refractivity contribution in [2.24, 2.45) is 0 Å². The number of hydrogen-bond donors (Lipinski definition) is 2. The highest BCUT2D eigenvalue weighted by atomic mass is 35.5. The number of halogens is 6. The minimum absolute atomic E-state index is 0.0723. The molecule has 1 atom stereocenters. The van der Waals surface area contributed by atoms with Crippen LogP contribution in [0.5, 0.6) is 5.75 Å². The average molecular weight is 524 g/mol. The molecule has 0 spiro atoms. The quantitative estimate of drug-likeness (QED) is 0.375. The summed E-state index contributed by atoms with van der Waals surface area (Å²) in [7, 11) is 0. The zero-order valence-electron chi connectivity index (χ0n) is 16.1. The number of alkyl halides is 3. The average Bonchev–Trinajstić information content (AvgIpc) is 3.39. The first kappa shape index (κ1) is 23.6. The Kier molecular flexibility index (Phi) is 6.43. The van der Waals surface area contributed by atoms with Gasteiger partial charge < -0.3 is 23.9 Å². The number of benzene rings is 1. The predicted molar refractivity (Wildman–Crippen MR) is 113 cm³/mol. The molecule has 4 rings (SSSR count). The molecule has 0 bridgehead atoms. The number of nitrogens with zero attached hydrogens (tertiary/aromatic N) is 4. The minimum Gasteiger partial charge on any atom is -0.488 e. The lowest BCUT2D eigenvalue weighted by atomic mass is 10.2. The molecule has 0 amide bonds. The van der Waals surface area contributed by atoms with Crippen molar-refractivity contribution in [1.29, 1.82) is 0 Å². The topological polar surface area (TPSA) is 106 Å². The maximum Gasteiger partial charge on any atom is 0.417 e. The van der Waals surface area contributed by atoms with Gasteiger partial charge in [-0.3, -0.25) is 0 Å². The molecule has 2 N–H and O–H groups in total. The first-order chi connectivity index (χ1) is 15.6. The van der Waals surface area contributed by atoms with Gasteiger partial charge in [-0.15, -0.1) is 0 Å². The van der Waals surface area contributed by atoms with Crippen LogP contribution in [0.1, 0.15) is 5.56 Å². The van der Waals surface area contributed by atoms with E-state index < -0.39 is 24.5 Å². The summed E-state index contributed by atoms with van der Waals surface area (Å²) >= 11 is 18.3. The van der Waals surface area contributed by atoms with Crippen molar-refractivity contribution in [1.82, 2.24) is 19.5 Å². The van der Waals surface area contributed by atoms with Crippen molar-refractivity contribution in [3.05, 3.63) is 51.2 Å². The van der Waals surface area contributed by atoms with E-state index in [1.807, 2.05) is 0 Å². The van der Waals surface area contributed by atoms with E-state index in [4.69, 9.17) is 49.2 Å². The van der Waals surface area contributed by atoms with Crippen LogP contribution in [0.4, 0.5) is 13.2 Å². The van der Waals surface area contributed by atoms with Crippen molar-refractivity contribution >= 4 is 40.4 Å². The fourth-order valence-corrected chi connectivity index (χ4v) is 3.67. The van der Waals surface area contributed by atoms with E-state index in [0.29, 0.717) is 5.56 Å². The largest absolute Gasteiger partial charge is 0.488 e. The van der Waals surface area contributed by atoms with Gasteiger partial charge in [0, 0.05) is 18.0 Å². The van der Waals surface area contributed by atoms with E-state index in [9.17, 15) is 18.3 Å². The monoisotopic (exact) mass is 522 g/mol. The van der Waals surface area contributed by atoms with Crippen LogP contribution in [0.25, 0.3) is 28.6 Å². The van der Waals surface area contributed by atoms with E-state index in [0.717, 1.165) is 16.7 Å². The van der Waals surface area contributed by atoms with Gasteiger partial charge in [0.15, 0.2) is 11.4 Å². The van der Waals surface area contributed by atoms with Crippen LogP contribution in [0.3, 0.4) is 0 Å². The van der Waals surface area contributed by atoms with Crippen molar-refractivity contribution in [3.63, 3.8) is 0 Å². The molecule has 3 aromatic heterocycles. The van der Waals surface area contributed by atoms with E-state index >= 15 is 0 Å². The number of fused-ring (bicyclic) bond motifs is 1. The SMILES string of the molecule is OCC(O)COc1c(Cl)cc(-c2noc(-c3cn4cc(C(F)(F)F)cc(Cl)c4n3)n2)cc1Cl. The van der Waals surface area contributed by atoms with Gasteiger partial charge in [0.2, 0.25) is 5.82 Å². The third-order valence-corrected chi connectivity index (χ3v) is 5.21. The predicted octanol–water partition coefficient (Wildman–Crippen LogP) is 4.76. The van der Waals surface area contributed by atoms with Gasteiger partial charge >= 0.3 is 6.18 Å². The Labute approximate surface area is 198 Å². The lowest BCUT2D eigenvalue weighted by Crippen LogP contribution is -2.21. The minimum atomic E-state index is -4.58. The molecule has 4 aromatic rings. The van der Waals surface area contributed by atoms with E-state index in [-0.39, 0.29) is 50.5 Å². The Morgan fingerprint density at radius 3 is 2.39 bits per heavy atom. The Balaban J connectivity index is 1.64. The van der Waals surface area contributed by atoms with Crippen molar-refractivity contribution in [2.45, 2.75) is 12.3 Å². The highest BCUT2D eigenvalue weighted by Gasteiger charge is 2.32. The maximum atomic E-state index is 13.0. The smallest absolute Gasteiger partial charge is 0.417 e. The molecule has 1 aromatic carbocycles. The first-order valence-electron chi connectivity index (χ1n) is 9.07. The molecule has 174 valence electrons. The third kappa shape index (κ3) is 4.87. The Morgan fingerprint density at radius 2 is 1.76 bits per heavy atom. The first-order valence-corrected chi connectivity index (χ1v) is 10.2. The summed E-state index contributed by atoms with van der Waals surface area (Å²) in [5.41, 5.74) is -0.397. The number of aliphatic hydroxyl groups is 2. The molecule has 33 heavy (non-hydrogen) atoms. The van der Waals surface area contributed by atoms with E-state index in [2.05, 4.69) is 15.1 Å². The van der Waals surface area contributed by atoms with Crippen LogP contribution in [0.2, 0.25) is 15.1 Å². The second-order valence-electron chi connectivity index (χ2n) is 6.77. The fourth-order valence-electron chi connectivity index (χ4n) is 2.82. The number of rotatable bonds is 6. The number of hydrogen-bond acceptors (Lipinski definition) is 7. The maximum absolute atomic E-state index is 13.0. The fraction of sp³-hybridized carbons (Fsp3) is 0.211. The molecule has 3 heterocycles. The van der Waals surface area contributed by atoms with Gasteiger partial charge in [0.1, 0.15) is 18.4 Å². The van der Waals surface area contributed by atoms with Crippen molar-refractivity contribution in [2.75, 3.05) is 13.2 Å². The number of aromatic nitrogens is 4. The Bertz CT molecular complexity index is 1300. The van der Waals surface area contributed by atoms with Gasteiger partial charge in [-0.2, -0.15) is 18.2 Å². The number of pyridine rings is 1. The van der Waals surface area contributed by atoms with Gasteiger partial charge in [-0.1, -0.05) is 40.0 Å². The van der Waals surface area contributed by atoms with Gasteiger partial charge in [-0.05, 0) is 18.2 Å². The molecule has 14 heteroatoms. The van der Waals surface area contributed by atoms with Crippen LogP contribution < -0.4 is 4.74 Å². The van der Waals surface area contributed by atoms with Crippen LogP contribution in [-0.4, -0.2) is 49.1 Å². The molecule has 0 saturated carbocycles. The molecule has 0 fully saturated rings. The van der Waals surface area contributed by atoms with Crippen LogP contribution >= 0.6 is 34.8 Å². The van der Waals surface area contributed by atoms with Crippen molar-refractivity contribution < 1.29 is 32.6 Å². The molecule has 0 radical (unpaired) electrons.